The first-order valence-corrected chi connectivity index (χ1v) is 11.5. The Labute approximate surface area is 194 Å². The number of nitrogens with one attached hydrogen (secondary N) is 1. The van der Waals surface area contributed by atoms with Gasteiger partial charge in [0.05, 0.1) is 12.6 Å². The molecular weight excluding hydrogens is 422 g/mol. The Bertz CT molecular complexity index is 1030. The number of aromatic amines is 1. The van der Waals surface area contributed by atoms with E-state index in [1.165, 1.54) is 9.47 Å². The molecule has 2 rings (SSSR count). The van der Waals surface area contributed by atoms with Gasteiger partial charge in [-0.1, -0.05) is 52.8 Å². The average molecular weight is 460 g/mol. The molecule has 2 aromatic rings. The molecule has 1 atom stereocenters. The number of aliphatic hydroxyl groups excluding tert-OH is 1. The molecule has 1 amide bonds. The molecule has 33 heavy (non-hydrogen) atoms. The van der Waals surface area contributed by atoms with Gasteiger partial charge in [-0.05, 0) is 30.4 Å². The second-order valence-electron chi connectivity index (χ2n) is 9.17. The molecule has 0 aliphatic rings. The summed E-state index contributed by atoms with van der Waals surface area (Å²) in [5.74, 6) is -0.208. The van der Waals surface area contributed by atoms with Crippen molar-refractivity contribution in [3.8, 4) is 0 Å². The maximum absolute atomic E-state index is 13.6. The van der Waals surface area contributed by atoms with Gasteiger partial charge in [0.2, 0.25) is 5.91 Å². The van der Waals surface area contributed by atoms with Crippen LogP contribution in [0.4, 0.5) is 17.2 Å². The predicted octanol–water partition coefficient (Wildman–Crippen LogP) is 2.04. The summed E-state index contributed by atoms with van der Waals surface area (Å²) in [6, 6.07) is 9.34. The van der Waals surface area contributed by atoms with Crippen LogP contribution in [-0.4, -0.2) is 46.3 Å². The van der Waals surface area contributed by atoms with Gasteiger partial charge in [-0.15, -0.1) is 0 Å². The van der Waals surface area contributed by atoms with Gasteiger partial charge in [-0.25, -0.2) is 4.79 Å². The zero-order valence-electron chi connectivity index (χ0n) is 20.2. The fourth-order valence-corrected chi connectivity index (χ4v) is 3.60. The van der Waals surface area contributed by atoms with Crippen LogP contribution in [0.1, 0.15) is 41.0 Å². The standard InChI is InChI=1S/C24H37N5O4/c1-6-19(30)14-27(18-10-8-7-9-11-18)15-20(31)28(12-16(2)3)21-22(25)29(13-17(4)5)24(33)26-23(21)32/h7-11,16-17,19,30H,6,12-15,25H2,1-5H3,(H,26,32,33). The topological polar surface area (TPSA) is 125 Å². The first kappa shape index (κ1) is 26.2. The van der Waals surface area contributed by atoms with Crippen molar-refractivity contribution < 1.29 is 9.90 Å². The number of carbonyl (C=O) groups excluding carboxylic acids is 1. The van der Waals surface area contributed by atoms with E-state index in [4.69, 9.17) is 5.73 Å². The number of aliphatic hydroxyl groups is 1. The van der Waals surface area contributed by atoms with E-state index in [-0.39, 0.29) is 48.9 Å². The fraction of sp³-hybridized carbons (Fsp3) is 0.542. The molecule has 9 heteroatoms. The molecule has 1 unspecified atom stereocenters. The Morgan fingerprint density at radius 2 is 1.73 bits per heavy atom. The van der Waals surface area contributed by atoms with E-state index in [9.17, 15) is 19.5 Å². The lowest BCUT2D eigenvalue weighted by Crippen LogP contribution is -2.47. The van der Waals surface area contributed by atoms with Crippen molar-refractivity contribution >= 4 is 23.1 Å². The van der Waals surface area contributed by atoms with E-state index >= 15 is 0 Å². The fourth-order valence-electron chi connectivity index (χ4n) is 3.60. The van der Waals surface area contributed by atoms with Crippen molar-refractivity contribution in [2.75, 3.05) is 35.2 Å². The number of carbonyl (C=O) groups is 1. The SMILES string of the molecule is CCC(O)CN(CC(=O)N(CC(C)C)c1c(N)n(CC(C)C)c(=O)[nH]c1=O)c1ccccc1. The van der Waals surface area contributed by atoms with E-state index < -0.39 is 17.4 Å². The van der Waals surface area contributed by atoms with Gasteiger partial charge in [-0.3, -0.25) is 19.1 Å². The van der Waals surface area contributed by atoms with Crippen LogP contribution in [0.2, 0.25) is 0 Å². The van der Waals surface area contributed by atoms with Gasteiger partial charge in [0, 0.05) is 25.3 Å². The molecule has 4 N–H and O–H groups in total. The summed E-state index contributed by atoms with van der Waals surface area (Å²) in [6.07, 6.45) is -0.0713. The van der Waals surface area contributed by atoms with Crippen molar-refractivity contribution in [1.82, 2.24) is 9.55 Å². The number of hydrogen-bond acceptors (Lipinski definition) is 6. The van der Waals surface area contributed by atoms with Crippen LogP contribution in [0.15, 0.2) is 39.9 Å². The number of H-pyrrole nitrogens is 1. The normalized spacial score (nSPS) is 12.2. The summed E-state index contributed by atoms with van der Waals surface area (Å²) in [7, 11) is 0. The Morgan fingerprint density at radius 3 is 2.27 bits per heavy atom. The highest BCUT2D eigenvalue weighted by atomic mass is 16.3. The van der Waals surface area contributed by atoms with Gasteiger partial charge < -0.3 is 20.6 Å². The second-order valence-corrected chi connectivity index (χ2v) is 9.17. The monoisotopic (exact) mass is 459 g/mol. The van der Waals surface area contributed by atoms with Crippen LogP contribution in [0.3, 0.4) is 0 Å². The average Bonchev–Trinajstić information content (AvgIpc) is 2.75. The number of nitrogens with two attached hydrogens (primary N) is 1. The highest BCUT2D eigenvalue weighted by Crippen LogP contribution is 2.21. The lowest BCUT2D eigenvalue weighted by atomic mass is 10.1. The quantitative estimate of drug-likeness (QED) is 0.472. The predicted molar refractivity (Wildman–Crippen MR) is 133 cm³/mol. The minimum Gasteiger partial charge on any atom is -0.391 e. The Kier molecular flexibility index (Phi) is 9.28. The van der Waals surface area contributed by atoms with Gasteiger partial charge in [-0.2, -0.15) is 0 Å². The Hall–Kier alpha value is -3.07. The molecule has 0 fully saturated rings. The third kappa shape index (κ3) is 6.95. The maximum Gasteiger partial charge on any atom is 0.330 e. The molecule has 0 spiro atoms. The minimum atomic E-state index is -0.689. The minimum absolute atomic E-state index is 0.0157. The summed E-state index contributed by atoms with van der Waals surface area (Å²) in [4.78, 5) is 44.2. The number of hydrogen-bond donors (Lipinski definition) is 3. The van der Waals surface area contributed by atoms with Crippen LogP contribution >= 0.6 is 0 Å². The Morgan fingerprint density at radius 1 is 1.09 bits per heavy atom. The molecule has 9 nitrogen and oxygen atoms in total. The molecule has 1 aromatic heterocycles. The van der Waals surface area contributed by atoms with Crippen molar-refractivity contribution in [2.45, 2.75) is 53.7 Å². The largest absolute Gasteiger partial charge is 0.391 e. The molecule has 0 aliphatic carbocycles. The highest BCUT2D eigenvalue weighted by molar-refractivity contribution is 5.98. The zero-order chi connectivity index (χ0) is 24.7. The van der Waals surface area contributed by atoms with E-state index in [0.29, 0.717) is 13.0 Å². The number of para-hydroxylation sites is 1. The van der Waals surface area contributed by atoms with Gasteiger partial charge in [0.15, 0.2) is 5.69 Å². The number of benzene rings is 1. The molecule has 0 saturated carbocycles. The number of nitrogen functional groups attached to an aromatic ring is 1. The van der Waals surface area contributed by atoms with E-state index in [1.54, 1.807) is 4.90 Å². The van der Waals surface area contributed by atoms with Crippen molar-refractivity contribution in [1.29, 1.82) is 0 Å². The van der Waals surface area contributed by atoms with E-state index in [1.807, 2.05) is 65.0 Å². The first-order valence-electron chi connectivity index (χ1n) is 11.5. The van der Waals surface area contributed by atoms with E-state index in [2.05, 4.69) is 4.98 Å². The second kappa shape index (κ2) is 11.7. The third-order valence-electron chi connectivity index (χ3n) is 5.23. The number of aromatic nitrogens is 2. The molecule has 0 bridgehead atoms. The first-order chi connectivity index (χ1) is 15.5. The van der Waals surface area contributed by atoms with Crippen LogP contribution in [0.5, 0.6) is 0 Å². The Balaban J connectivity index is 2.50. The smallest absolute Gasteiger partial charge is 0.330 e. The van der Waals surface area contributed by atoms with Crippen LogP contribution in [0.25, 0.3) is 0 Å². The number of anilines is 3. The third-order valence-corrected chi connectivity index (χ3v) is 5.23. The van der Waals surface area contributed by atoms with Gasteiger partial charge in [0.25, 0.3) is 5.56 Å². The van der Waals surface area contributed by atoms with Gasteiger partial charge >= 0.3 is 5.69 Å². The molecule has 1 aromatic carbocycles. The number of rotatable bonds is 11. The molecular formula is C24H37N5O4. The molecule has 182 valence electrons. The van der Waals surface area contributed by atoms with Crippen molar-refractivity contribution in [2.24, 2.45) is 11.8 Å². The highest BCUT2D eigenvalue weighted by Gasteiger charge is 2.27. The van der Waals surface area contributed by atoms with Crippen LogP contribution < -0.4 is 26.8 Å². The van der Waals surface area contributed by atoms with Gasteiger partial charge in [0.1, 0.15) is 5.82 Å². The molecule has 0 saturated heterocycles. The van der Waals surface area contributed by atoms with Crippen molar-refractivity contribution in [3.63, 3.8) is 0 Å². The lowest BCUT2D eigenvalue weighted by molar-refractivity contribution is -0.117. The number of nitrogens with zero attached hydrogens (tertiary/aromatic N) is 3. The maximum atomic E-state index is 13.6. The summed E-state index contributed by atoms with van der Waals surface area (Å²) < 4.78 is 1.30. The zero-order valence-corrected chi connectivity index (χ0v) is 20.2. The van der Waals surface area contributed by atoms with Crippen molar-refractivity contribution in [3.05, 3.63) is 51.2 Å². The number of amides is 1. The summed E-state index contributed by atoms with van der Waals surface area (Å²) in [5.41, 5.74) is 5.78. The molecule has 0 aliphatic heterocycles. The van der Waals surface area contributed by atoms with Crippen LogP contribution in [0, 0.1) is 11.8 Å². The molecule has 0 radical (unpaired) electrons. The summed E-state index contributed by atoms with van der Waals surface area (Å²) in [6.45, 7) is 10.4. The lowest BCUT2D eigenvalue weighted by Gasteiger charge is -2.31. The summed E-state index contributed by atoms with van der Waals surface area (Å²) >= 11 is 0. The molecule has 1 heterocycles. The summed E-state index contributed by atoms with van der Waals surface area (Å²) in [5, 5.41) is 10.3. The van der Waals surface area contributed by atoms with E-state index in [0.717, 1.165) is 5.69 Å². The van der Waals surface area contributed by atoms with Crippen LogP contribution in [-0.2, 0) is 11.3 Å².